The maximum Gasteiger partial charge on any atom is 0.186 e. The van der Waals surface area contributed by atoms with Gasteiger partial charge >= 0.3 is 0 Å². The van der Waals surface area contributed by atoms with Crippen molar-refractivity contribution in [3.05, 3.63) is 36.2 Å². The van der Waals surface area contributed by atoms with Crippen LogP contribution < -0.4 is 0 Å². The fourth-order valence-electron chi connectivity index (χ4n) is 0.824. The van der Waals surface area contributed by atoms with E-state index in [1.54, 1.807) is 19.3 Å². The minimum Gasteiger partial charge on any atom is -0.288 e. The lowest BCUT2D eigenvalue weighted by Gasteiger charge is -1.90. The molecule has 0 radical (unpaired) electrons. The zero-order chi connectivity index (χ0) is 9.52. The first-order valence-corrected chi connectivity index (χ1v) is 4.97. The molecule has 0 aliphatic carbocycles. The van der Waals surface area contributed by atoms with E-state index in [0.717, 1.165) is 11.3 Å². The van der Waals surface area contributed by atoms with Crippen LogP contribution in [0.4, 0.5) is 0 Å². The van der Waals surface area contributed by atoms with E-state index in [2.05, 4.69) is 4.98 Å². The summed E-state index contributed by atoms with van der Waals surface area (Å²) in [5.41, 5.74) is 1.06. The van der Waals surface area contributed by atoms with Gasteiger partial charge in [0.2, 0.25) is 0 Å². The molecule has 0 aliphatic heterocycles. The van der Waals surface area contributed by atoms with Gasteiger partial charge in [0.05, 0.1) is 0 Å². The van der Waals surface area contributed by atoms with E-state index in [-0.39, 0.29) is 5.12 Å². The Morgan fingerprint density at radius 1 is 1.69 bits per heavy atom. The first kappa shape index (κ1) is 9.99. The molecule has 0 saturated heterocycles. The largest absolute Gasteiger partial charge is 0.288 e. The van der Waals surface area contributed by atoms with Crippen LogP contribution in [0.1, 0.15) is 12.5 Å². The van der Waals surface area contributed by atoms with Gasteiger partial charge in [-0.3, -0.25) is 9.78 Å². The normalized spacial score (nSPS) is 10.5. The van der Waals surface area contributed by atoms with Gasteiger partial charge < -0.3 is 0 Å². The summed E-state index contributed by atoms with van der Waals surface area (Å²) in [6.07, 6.45) is 7.45. The minimum absolute atomic E-state index is 0.149. The molecule has 68 valence electrons. The molecule has 1 heterocycles. The van der Waals surface area contributed by atoms with Crippen molar-refractivity contribution >= 4 is 23.0 Å². The smallest absolute Gasteiger partial charge is 0.186 e. The summed E-state index contributed by atoms with van der Waals surface area (Å²) in [5, 5.41) is 0.149. The molecule has 1 rings (SSSR count). The molecule has 2 nitrogen and oxygen atoms in total. The topological polar surface area (TPSA) is 30.0 Å². The van der Waals surface area contributed by atoms with Gasteiger partial charge in [0.1, 0.15) is 0 Å². The fraction of sp³-hybridized carbons (Fsp3) is 0.200. The van der Waals surface area contributed by atoms with E-state index >= 15 is 0 Å². The third-order valence-electron chi connectivity index (χ3n) is 1.38. The van der Waals surface area contributed by atoms with Crippen LogP contribution in [0.25, 0.3) is 6.08 Å². The van der Waals surface area contributed by atoms with Gasteiger partial charge in [-0.2, -0.15) is 0 Å². The molecule has 0 unspecified atom stereocenters. The summed E-state index contributed by atoms with van der Waals surface area (Å²) in [6.45, 7) is 1.57. The number of rotatable bonds is 3. The van der Waals surface area contributed by atoms with E-state index in [1.807, 2.05) is 24.3 Å². The Balaban J connectivity index is 2.37. The van der Waals surface area contributed by atoms with Crippen molar-refractivity contribution in [2.24, 2.45) is 0 Å². The van der Waals surface area contributed by atoms with Gasteiger partial charge in [0.25, 0.3) is 0 Å². The Hall–Kier alpha value is -1.09. The third kappa shape index (κ3) is 4.48. The van der Waals surface area contributed by atoms with Gasteiger partial charge in [-0.05, 0) is 11.6 Å². The lowest BCUT2D eigenvalue weighted by molar-refractivity contribution is -0.109. The first-order chi connectivity index (χ1) is 6.29. The zero-order valence-electron chi connectivity index (χ0n) is 7.43. The number of hydrogen-bond acceptors (Lipinski definition) is 3. The van der Waals surface area contributed by atoms with E-state index in [4.69, 9.17) is 0 Å². The molecule has 0 aliphatic rings. The molecule has 1 aromatic heterocycles. The van der Waals surface area contributed by atoms with Gasteiger partial charge in [-0.1, -0.05) is 30.0 Å². The van der Waals surface area contributed by atoms with Crippen molar-refractivity contribution < 1.29 is 4.79 Å². The van der Waals surface area contributed by atoms with E-state index < -0.39 is 0 Å². The predicted molar refractivity (Wildman–Crippen MR) is 56.4 cm³/mol. The summed E-state index contributed by atoms with van der Waals surface area (Å²) in [6, 6.07) is 3.86. The highest BCUT2D eigenvalue weighted by atomic mass is 32.2. The van der Waals surface area contributed by atoms with Crippen LogP contribution in [0.2, 0.25) is 0 Å². The summed E-state index contributed by atoms with van der Waals surface area (Å²) in [5.74, 6) is 0.726. The van der Waals surface area contributed by atoms with Gasteiger partial charge in [0.15, 0.2) is 5.12 Å². The number of thioether (sulfide) groups is 1. The number of aromatic nitrogens is 1. The molecular formula is C10H11NOS. The number of hydrogen-bond donors (Lipinski definition) is 0. The van der Waals surface area contributed by atoms with E-state index in [0.29, 0.717) is 0 Å². The fourth-order valence-corrected chi connectivity index (χ4v) is 1.25. The number of pyridine rings is 1. The molecule has 0 bridgehead atoms. The Bertz CT molecular complexity index is 295. The molecule has 0 atom stereocenters. The van der Waals surface area contributed by atoms with Crippen molar-refractivity contribution in [2.75, 3.05) is 5.75 Å². The predicted octanol–water partition coefficient (Wildman–Crippen LogP) is 2.37. The number of carbonyl (C=O) groups excluding carboxylic acids is 1. The quantitative estimate of drug-likeness (QED) is 0.738. The lowest BCUT2D eigenvalue weighted by Crippen LogP contribution is -1.81. The lowest BCUT2D eigenvalue weighted by atomic mass is 10.3. The molecule has 0 N–H and O–H groups in total. The van der Waals surface area contributed by atoms with E-state index in [1.165, 1.54) is 11.8 Å². The van der Waals surface area contributed by atoms with Crippen LogP contribution in [-0.4, -0.2) is 15.9 Å². The van der Waals surface area contributed by atoms with Crippen molar-refractivity contribution in [3.8, 4) is 0 Å². The Labute approximate surface area is 82.1 Å². The average Bonchev–Trinajstić information content (AvgIpc) is 2.14. The summed E-state index contributed by atoms with van der Waals surface area (Å²) >= 11 is 1.30. The summed E-state index contributed by atoms with van der Waals surface area (Å²) in [4.78, 5) is 14.5. The van der Waals surface area contributed by atoms with E-state index in [9.17, 15) is 4.79 Å². The Morgan fingerprint density at radius 2 is 2.54 bits per heavy atom. The molecule has 13 heavy (non-hydrogen) atoms. The van der Waals surface area contributed by atoms with Crippen molar-refractivity contribution in [2.45, 2.75) is 6.92 Å². The SMILES string of the molecule is CC(=O)SCC=Cc1cccnc1. The highest BCUT2D eigenvalue weighted by molar-refractivity contribution is 8.13. The second-order valence-corrected chi connectivity index (χ2v) is 3.69. The summed E-state index contributed by atoms with van der Waals surface area (Å²) in [7, 11) is 0. The second-order valence-electron chi connectivity index (χ2n) is 2.49. The van der Waals surface area contributed by atoms with Gasteiger partial charge in [-0.25, -0.2) is 0 Å². The van der Waals surface area contributed by atoms with Crippen LogP contribution in [-0.2, 0) is 4.79 Å². The zero-order valence-corrected chi connectivity index (χ0v) is 8.25. The molecule has 0 spiro atoms. The van der Waals surface area contributed by atoms with Gasteiger partial charge in [0, 0.05) is 25.1 Å². The molecule has 0 aromatic carbocycles. The van der Waals surface area contributed by atoms with Crippen LogP contribution in [0.3, 0.4) is 0 Å². The average molecular weight is 193 g/mol. The van der Waals surface area contributed by atoms with Crippen molar-refractivity contribution in [3.63, 3.8) is 0 Å². The highest BCUT2D eigenvalue weighted by Crippen LogP contribution is 2.04. The van der Waals surface area contributed by atoms with Crippen LogP contribution in [0.15, 0.2) is 30.6 Å². The van der Waals surface area contributed by atoms with Crippen molar-refractivity contribution in [1.29, 1.82) is 0 Å². The molecule has 3 heteroatoms. The van der Waals surface area contributed by atoms with Gasteiger partial charge in [-0.15, -0.1) is 0 Å². The maximum absolute atomic E-state index is 10.6. The number of nitrogens with zero attached hydrogens (tertiary/aromatic N) is 1. The molecule has 1 aromatic rings. The third-order valence-corrected chi connectivity index (χ3v) is 2.14. The van der Waals surface area contributed by atoms with Crippen LogP contribution in [0.5, 0.6) is 0 Å². The minimum atomic E-state index is 0.149. The number of carbonyl (C=O) groups is 1. The summed E-state index contributed by atoms with van der Waals surface area (Å²) < 4.78 is 0. The monoisotopic (exact) mass is 193 g/mol. The Kier molecular flexibility index (Phi) is 4.26. The molecule has 0 amide bonds. The second kappa shape index (κ2) is 5.54. The molecule has 0 saturated carbocycles. The maximum atomic E-state index is 10.6. The standard InChI is InChI=1S/C10H11NOS/c1-9(12)13-7-3-5-10-4-2-6-11-8-10/h2-6,8H,7H2,1H3. The Morgan fingerprint density at radius 3 is 3.15 bits per heavy atom. The van der Waals surface area contributed by atoms with Crippen molar-refractivity contribution in [1.82, 2.24) is 4.98 Å². The highest BCUT2D eigenvalue weighted by Gasteiger charge is 1.89. The molecule has 0 fully saturated rings. The first-order valence-electron chi connectivity index (χ1n) is 3.99. The van der Waals surface area contributed by atoms with Crippen LogP contribution >= 0.6 is 11.8 Å². The van der Waals surface area contributed by atoms with Crippen LogP contribution in [0, 0.1) is 0 Å². The molecular weight excluding hydrogens is 182 g/mol.